The van der Waals surface area contributed by atoms with E-state index in [1.54, 1.807) is 0 Å². The highest BCUT2D eigenvalue weighted by Gasteiger charge is 2.35. The molecule has 1 N–H and O–H groups in total. The van der Waals surface area contributed by atoms with E-state index in [9.17, 15) is 30.4 Å². The number of hydrogen-bond acceptors (Lipinski definition) is 7. The molecule has 0 aromatic heterocycles. The highest BCUT2D eigenvalue weighted by Crippen LogP contribution is 2.39. The van der Waals surface area contributed by atoms with Crippen LogP contribution in [0, 0.1) is 11.6 Å². The zero-order chi connectivity index (χ0) is 27.0. The second kappa shape index (κ2) is 10.2. The lowest BCUT2D eigenvalue weighted by molar-refractivity contribution is 0.102. The van der Waals surface area contributed by atoms with Gasteiger partial charge in [-0.1, -0.05) is 17.7 Å². The molecule has 0 bridgehead atoms. The molecule has 1 atom stereocenters. The van der Waals surface area contributed by atoms with Crippen molar-refractivity contribution in [3.63, 3.8) is 0 Å². The van der Waals surface area contributed by atoms with Crippen molar-refractivity contribution in [3.8, 4) is 5.75 Å². The Morgan fingerprint density at radius 1 is 1.11 bits per heavy atom. The number of amides is 1. The van der Waals surface area contributed by atoms with Crippen LogP contribution >= 0.6 is 11.6 Å². The molecule has 37 heavy (non-hydrogen) atoms. The van der Waals surface area contributed by atoms with Gasteiger partial charge in [-0.2, -0.15) is 8.42 Å². The fraction of sp³-hybridized carbons (Fsp3) is 0.174. The lowest BCUT2D eigenvalue weighted by Gasteiger charge is -2.35. The third-order valence-corrected chi connectivity index (χ3v) is 7.88. The maximum Gasteiger partial charge on any atom is 0.264 e. The molecule has 1 amide bonds. The quantitative estimate of drug-likeness (QED) is 0.428. The van der Waals surface area contributed by atoms with Crippen LogP contribution < -0.4 is 14.4 Å². The molecule has 1 unspecified atom stereocenters. The topological polar surface area (TPSA) is 119 Å². The average molecular weight is 573 g/mol. The zero-order valence-electron chi connectivity index (χ0n) is 19.0. The molecule has 3 aromatic rings. The van der Waals surface area contributed by atoms with Crippen molar-refractivity contribution in [1.29, 1.82) is 0 Å². The number of nitrogens with zero attached hydrogens (tertiary/aromatic N) is 1. The van der Waals surface area contributed by atoms with Gasteiger partial charge in [-0.3, -0.25) is 13.3 Å². The van der Waals surface area contributed by atoms with Gasteiger partial charge in [0.25, 0.3) is 26.0 Å². The Morgan fingerprint density at radius 2 is 1.81 bits per heavy atom. The number of benzene rings is 3. The second-order valence-corrected chi connectivity index (χ2v) is 11.9. The normalized spacial score (nSPS) is 15.6. The number of ether oxygens (including phenoxy) is 1. The van der Waals surface area contributed by atoms with Crippen molar-refractivity contribution in [2.75, 3.05) is 29.0 Å². The zero-order valence-corrected chi connectivity index (χ0v) is 21.4. The van der Waals surface area contributed by atoms with Gasteiger partial charge in [0, 0.05) is 5.69 Å². The van der Waals surface area contributed by atoms with Crippen LogP contribution in [0.25, 0.3) is 0 Å². The van der Waals surface area contributed by atoms with Gasteiger partial charge >= 0.3 is 0 Å². The Morgan fingerprint density at radius 3 is 2.46 bits per heavy atom. The Kier molecular flexibility index (Phi) is 7.42. The van der Waals surface area contributed by atoms with Gasteiger partial charge in [0.15, 0.2) is 0 Å². The van der Waals surface area contributed by atoms with Crippen LogP contribution in [-0.4, -0.2) is 48.3 Å². The minimum Gasteiger partial charge on any atom is -0.484 e. The van der Waals surface area contributed by atoms with Gasteiger partial charge in [0.1, 0.15) is 30.1 Å². The van der Waals surface area contributed by atoms with E-state index >= 15 is 0 Å². The lowest BCUT2D eigenvalue weighted by Crippen LogP contribution is -2.45. The Bertz CT molecular complexity index is 1550. The molecule has 0 fully saturated rings. The van der Waals surface area contributed by atoms with E-state index < -0.39 is 56.0 Å². The molecule has 3 aromatic carbocycles. The molecule has 1 aliphatic rings. The van der Waals surface area contributed by atoms with Gasteiger partial charge in [-0.15, -0.1) is 0 Å². The summed E-state index contributed by atoms with van der Waals surface area (Å²) in [6, 6.07) is 11.9. The maximum atomic E-state index is 14.2. The molecule has 0 saturated carbocycles. The van der Waals surface area contributed by atoms with E-state index in [1.807, 2.05) is 0 Å². The fourth-order valence-electron chi connectivity index (χ4n) is 3.55. The summed E-state index contributed by atoms with van der Waals surface area (Å²) in [6.45, 7) is -0.837. The first-order valence-corrected chi connectivity index (χ1v) is 14.2. The lowest BCUT2D eigenvalue weighted by atomic mass is 10.1. The van der Waals surface area contributed by atoms with Gasteiger partial charge < -0.3 is 10.1 Å². The summed E-state index contributed by atoms with van der Waals surface area (Å²) in [4.78, 5) is 12.4. The summed E-state index contributed by atoms with van der Waals surface area (Å²) < 4.78 is 88.9. The molecule has 196 valence electrons. The van der Waals surface area contributed by atoms with Crippen molar-refractivity contribution in [2.24, 2.45) is 0 Å². The molecular formula is C23H19ClF2N2O7S2. The average Bonchev–Trinajstić information content (AvgIpc) is 2.82. The first-order valence-electron chi connectivity index (χ1n) is 10.5. The fourth-order valence-corrected chi connectivity index (χ4v) is 5.69. The largest absolute Gasteiger partial charge is 0.484 e. The van der Waals surface area contributed by atoms with E-state index in [0.29, 0.717) is 0 Å². The number of rotatable bonds is 7. The summed E-state index contributed by atoms with van der Waals surface area (Å²) in [5.41, 5.74) is -0.305. The van der Waals surface area contributed by atoms with Crippen LogP contribution in [0.3, 0.4) is 0 Å². The number of fused-ring (bicyclic) bond motifs is 1. The van der Waals surface area contributed by atoms with E-state index in [4.69, 9.17) is 20.5 Å². The molecule has 0 radical (unpaired) electrons. The number of hydrogen-bond donors (Lipinski definition) is 1. The number of nitrogens with one attached hydrogen (secondary N) is 1. The van der Waals surface area contributed by atoms with Crippen molar-refractivity contribution in [2.45, 2.75) is 11.0 Å². The van der Waals surface area contributed by atoms with Crippen LogP contribution in [0.1, 0.15) is 10.4 Å². The second-order valence-electron chi connectivity index (χ2n) is 7.95. The van der Waals surface area contributed by atoms with E-state index in [2.05, 4.69) is 5.32 Å². The van der Waals surface area contributed by atoms with Crippen LogP contribution in [0.2, 0.25) is 5.02 Å². The molecular weight excluding hydrogens is 554 g/mol. The first-order chi connectivity index (χ1) is 17.3. The molecule has 1 heterocycles. The Labute approximate surface area is 216 Å². The van der Waals surface area contributed by atoms with Crippen LogP contribution in [0.15, 0.2) is 65.6 Å². The van der Waals surface area contributed by atoms with Crippen LogP contribution in [0.4, 0.5) is 20.2 Å². The molecule has 0 saturated heterocycles. The molecule has 0 aliphatic carbocycles. The monoisotopic (exact) mass is 572 g/mol. The molecule has 9 nitrogen and oxygen atoms in total. The van der Waals surface area contributed by atoms with Crippen molar-refractivity contribution in [3.05, 3.63) is 82.9 Å². The molecule has 4 rings (SSSR count). The SMILES string of the molecule is CS(=O)(=O)OCC1CN(S(=O)(=O)c2ccc(F)cc2)c2cc(NC(=O)c3c(F)cccc3Cl)ccc2O1. The third-order valence-electron chi connectivity index (χ3n) is 5.21. The summed E-state index contributed by atoms with van der Waals surface area (Å²) in [5.74, 6) is -2.31. The van der Waals surface area contributed by atoms with E-state index in [1.165, 1.54) is 30.3 Å². The summed E-state index contributed by atoms with van der Waals surface area (Å²) in [6.07, 6.45) is -0.178. The predicted molar refractivity (Wildman–Crippen MR) is 132 cm³/mol. The van der Waals surface area contributed by atoms with E-state index in [-0.39, 0.29) is 33.6 Å². The Hall–Kier alpha value is -3.26. The standard InChI is InChI=1S/C23H19ClF2N2O7S2/c1-36(30,31)34-13-16-12-28(37(32,33)17-8-5-14(25)6-9-17)20-11-15(7-10-21(20)35-16)27-23(29)22-18(24)3-2-4-19(22)26/h2-11,16H,12-13H2,1H3,(H,27,29). The Balaban J connectivity index is 1.72. The minimum absolute atomic E-state index is 0.00244. The minimum atomic E-state index is -4.30. The van der Waals surface area contributed by atoms with Gasteiger partial charge in [0.05, 0.1) is 34.0 Å². The number of anilines is 2. The van der Waals surface area contributed by atoms with Gasteiger partial charge in [0.2, 0.25) is 0 Å². The van der Waals surface area contributed by atoms with Crippen molar-refractivity contribution in [1.82, 2.24) is 0 Å². The highest BCUT2D eigenvalue weighted by molar-refractivity contribution is 7.92. The number of carbonyl (C=O) groups is 1. The van der Waals surface area contributed by atoms with Gasteiger partial charge in [-0.05, 0) is 54.6 Å². The van der Waals surface area contributed by atoms with E-state index in [0.717, 1.165) is 40.9 Å². The predicted octanol–water partition coefficient (Wildman–Crippen LogP) is 3.80. The smallest absolute Gasteiger partial charge is 0.264 e. The number of carbonyl (C=O) groups excluding carboxylic acids is 1. The van der Waals surface area contributed by atoms with Crippen molar-refractivity contribution >= 4 is 49.0 Å². The summed E-state index contributed by atoms with van der Waals surface area (Å²) in [7, 11) is -8.14. The van der Waals surface area contributed by atoms with Crippen LogP contribution in [0.5, 0.6) is 5.75 Å². The number of halogens is 3. The highest BCUT2D eigenvalue weighted by atomic mass is 35.5. The number of sulfonamides is 1. The first kappa shape index (κ1) is 26.8. The third kappa shape index (κ3) is 6.01. The molecule has 14 heteroatoms. The summed E-state index contributed by atoms with van der Waals surface area (Å²) in [5, 5.41) is 2.35. The maximum absolute atomic E-state index is 14.2. The molecule has 0 spiro atoms. The van der Waals surface area contributed by atoms with Crippen LogP contribution in [-0.2, 0) is 24.3 Å². The van der Waals surface area contributed by atoms with Crippen molar-refractivity contribution < 1.29 is 39.3 Å². The van der Waals surface area contributed by atoms with Gasteiger partial charge in [-0.25, -0.2) is 17.2 Å². The molecule has 1 aliphatic heterocycles. The summed E-state index contributed by atoms with van der Waals surface area (Å²) >= 11 is 5.96.